The van der Waals surface area contributed by atoms with Crippen LogP contribution in [0.25, 0.3) is 0 Å². The van der Waals surface area contributed by atoms with E-state index in [2.05, 4.69) is 48.5 Å². The molecule has 0 spiro atoms. The van der Waals surface area contributed by atoms with E-state index in [4.69, 9.17) is 0 Å². The summed E-state index contributed by atoms with van der Waals surface area (Å²) < 4.78 is 0. The Hall–Kier alpha value is -0.530. The first-order valence-corrected chi connectivity index (χ1v) is 5.12. The zero-order chi connectivity index (χ0) is 11.6. The summed E-state index contributed by atoms with van der Waals surface area (Å²) in [6.07, 6.45) is 0. The molecule has 1 amide bonds. The Morgan fingerprint density at radius 1 is 1.00 bits per heavy atom. The summed E-state index contributed by atoms with van der Waals surface area (Å²) in [7, 11) is 0. The van der Waals surface area contributed by atoms with Crippen LogP contribution < -0.4 is 0 Å². The summed E-state index contributed by atoms with van der Waals surface area (Å²) in [5.74, 6) is -0.0742. The summed E-state index contributed by atoms with van der Waals surface area (Å²) in [5.41, 5.74) is 0.275. The molecule has 83 valence electrons. The van der Waals surface area contributed by atoms with E-state index in [-0.39, 0.29) is 16.7 Å². The second-order valence-corrected chi connectivity index (χ2v) is 6.37. The van der Waals surface area contributed by atoms with Crippen molar-refractivity contribution in [3.63, 3.8) is 0 Å². The first-order chi connectivity index (χ1) is 6.01. The SMILES string of the molecule is [CH2]C(=O)N(CC(C)(C)C)CC(C)(C)C. The first-order valence-electron chi connectivity index (χ1n) is 5.12. The molecule has 0 aliphatic rings. The van der Waals surface area contributed by atoms with Gasteiger partial charge in [0.25, 0.3) is 0 Å². The maximum Gasteiger partial charge on any atom is 0.223 e. The van der Waals surface area contributed by atoms with Crippen LogP contribution in [0.3, 0.4) is 0 Å². The predicted molar refractivity (Wildman–Crippen MR) is 60.8 cm³/mol. The fraction of sp³-hybridized carbons (Fsp3) is 0.833. The van der Waals surface area contributed by atoms with E-state index in [1.807, 2.05) is 4.90 Å². The zero-order valence-electron chi connectivity index (χ0n) is 10.5. The largest absolute Gasteiger partial charge is 0.342 e. The fourth-order valence-electron chi connectivity index (χ4n) is 1.38. The average Bonchev–Trinajstić information content (AvgIpc) is 1.78. The number of amides is 1. The number of rotatable bonds is 2. The van der Waals surface area contributed by atoms with Gasteiger partial charge in [0.15, 0.2) is 0 Å². The van der Waals surface area contributed by atoms with Gasteiger partial charge in [-0.2, -0.15) is 0 Å². The quantitative estimate of drug-likeness (QED) is 0.668. The van der Waals surface area contributed by atoms with Crippen molar-refractivity contribution >= 4 is 5.91 Å². The lowest BCUT2D eigenvalue weighted by molar-refractivity contribution is -0.128. The van der Waals surface area contributed by atoms with Crippen molar-refractivity contribution in [2.24, 2.45) is 10.8 Å². The molecule has 0 aliphatic carbocycles. The van der Waals surface area contributed by atoms with Crippen molar-refractivity contribution < 1.29 is 4.79 Å². The van der Waals surface area contributed by atoms with Gasteiger partial charge in [0.2, 0.25) is 5.91 Å². The maximum absolute atomic E-state index is 11.3. The van der Waals surface area contributed by atoms with Crippen LogP contribution in [0, 0.1) is 17.8 Å². The van der Waals surface area contributed by atoms with Crippen molar-refractivity contribution in [2.45, 2.75) is 41.5 Å². The van der Waals surface area contributed by atoms with E-state index >= 15 is 0 Å². The van der Waals surface area contributed by atoms with E-state index in [0.717, 1.165) is 13.1 Å². The third-order valence-corrected chi connectivity index (χ3v) is 1.68. The molecule has 0 rings (SSSR count). The van der Waals surface area contributed by atoms with Crippen LogP contribution in [-0.4, -0.2) is 23.9 Å². The molecule has 14 heavy (non-hydrogen) atoms. The number of hydrogen-bond donors (Lipinski definition) is 0. The number of carbonyl (C=O) groups is 1. The van der Waals surface area contributed by atoms with Gasteiger partial charge in [-0.05, 0) is 10.8 Å². The molecule has 2 nitrogen and oxygen atoms in total. The minimum atomic E-state index is -0.0742. The molecule has 0 heterocycles. The Morgan fingerprint density at radius 3 is 1.43 bits per heavy atom. The lowest BCUT2D eigenvalue weighted by atomic mass is 9.92. The molecule has 0 aromatic heterocycles. The molecule has 2 heteroatoms. The number of hydrogen-bond acceptors (Lipinski definition) is 1. The molecule has 0 N–H and O–H groups in total. The van der Waals surface area contributed by atoms with Crippen LogP contribution in [0.15, 0.2) is 0 Å². The van der Waals surface area contributed by atoms with Gasteiger partial charge in [0, 0.05) is 20.0 Å². The first kappa shape index (κ1) is 13.5. The molecule has 0 aromatic carbocycles. The van der Waals surface area contributed by atoms with Gasteiger partial charge in [-0.15, -0.1) is 0 Å². The van der Waals surface area contributed by atoms with Crippen LogP contribution in [-0.2, 0) is 4.79 Å². The third kappa shape index (κ3) is 6.93. The van der Waals surface area contributed by atoms with E-state index in [1.54, 1.807) is 0 Å². The Bertz CT molecular complexity index is 179. The van der Waals surface area contributed by atoms with Crippen molar-refractivity contribution in [1.82, 2.24) is 4.90 Å². The molecule has 0 aromatic rings. The smallest absolute Gasteiger partial charge is 0.223 e. The van der Waals surface area contributed by atoms with Crippen molar-refractivity contribution in [2.75, 3.05) is 13.1 Å². The average molecular weight is 198 g/mol. The summed E-state index contributed by atoms with van der Waals surface area (Å²) in [5, 5.41) is 0. The highest BCUT2D eigenvalue weighted by atomic mass is 16.2. The zero-order valence-corrected chi connectivity index (χ0v) is 10.5. The number of carbonyl (C=O) groups excluding carboxylic acids is 1. The summed E-state index contributed by atoms with van der Waals surface area (Å²) >= 11 is 0. The molecule has 0 saturated carbocycles. The molecule has 1 radical (unpaired) electrons. The second-order valence-electron chi connectivity index (χ2n) is 6.37. The lowest BCUT2D eigenvalue weighted by Gasteiger charge is -2.34. The van der Waals surface area contributed by atoms with Gasteiger partial charge >= 0.3 is 0 Å². The molecule has 0 atom stereocenters. The summed E-state index contributed by atoms with van der Waals surface area (Å²) in [6, 6.07) is 0. The minimum Gasteiger partial charge on any atom is -0.342 e. The molecular weight excluding hydrogens is 174 g/mol. The highest BCUT2D eigenvalue weighted by Gasteiger charge is 2.23. The lowest BCUT2D eigenvalue weighted by Crippen LogP contribution is -2.41. The highest BCUT2D eigenvalue weighted by Crippen LogP contribution is 2.20. The van der Waals surface area contributed by atoms with Crippen LogP contribution in [0.2, 0.25) is 0 Å². The van der Waals surface area contributed by atoms with Crippen molar-refractivity contribution in [1.29, 1.82) is 0 Å². The van der Waals surface area contributed by atoms with Gasteiger partial charge in [-0.3, -0.25) is 4.79 Å². The van der Waals surface area contributed by atoms with Crippen LogP contribution in [0.5, 0.6) is 0 Å². The minimum absolute atomic E-state index is 0.0742. The van der Waals surface area contributed by atoms with Crippen LogP contribution in [0.1, 0.15) is 41.5 Å². The summed E-state index contributed by atoms with van der Waals surface area (Å²) in [4.78, 5) is 13.1. The van der Waals surface area contributed by atoms with E-state index in [1.165, 1.54) is 0 Å². The topological polar surface area (TPSA) is 20.3 Å². The van der Waals surface area contributed by atoms with E-state index < -0.39 is 0 Å². The van der Waals surface area contributed by atoms with Crippen molar-refractivity contribution in [3.05, 3.63) is 6.92 Å². The van der Waals surface area contributed by atoms with Gasteiger partial charge < -0.3 is 4.90 Å². The molecular formula is C12H24NO. The monoisotopic (exact) mass is 198 g/mol. The molecule has 0 bridgehead atoms. The Morgan fingerprint density at radius 2 is 1.29 bits per heavy atom. The standard InChI is InChI=1S/C12H24NO/c1-10(14)13(8-11(2,3)4)9-12(5,6)7/h1,8-9H2,2-7H3. The van der Waals surface area contributed by atoms with E-state index in [9.17, 15) is 4.79 Å². The summed E-state index contributed by atoms with van der Waals surface area (Å²) in [6.45, 7) is 17.8. The Kier molecular flexibility index (Phi) is 4.16. The van der Waals surface area contributed by atoms with E-state index in [0.29, 0.717) is 0 Å². The third-order valence-electron chi connectivity index (χ3n) is 1.68. The Balaban J connectivity index is 4.40. The van der Waals surface area contributed by atoms with Gasteiger partial charge in [-0.25, -0.2) is 0 Å². The van der Waals surface area contributed by atoms with Crippen LogP contribution >= 0.6 is 0 Å². The van der Waals surface area contributed by atoms with Crippen LogP contribution in [0.4, 0.5) is 0 Å². The van der Waals surface area contributed by atoms with Crippen molar-refractivity contribution in [3.8, 4) is 0 Å². The van der Waals surface area contributed by atoms with Gasteiger partial charge in [-0.1, -0.05) is 41.5 Å². The molecule has 0 aliphatic heterocycles. The predicted octanol–water partition coefficient (Wildman–Crippen LogP) is 2.74. The molecule has 0 fully saturated rings. The maximum atomic E-state index is 11.3. The Labute approximate surface area is 88.7 Å². The normalized spacial score (nSPS) is 12.8. The molecule has 0 saturated heterocycles. The molecule has 0 unspecified atom stereocenters. The number of nitrogens with zero attached hydrogens (tertiary/aromatic N) is 1. The highest BCUT2D eigenvalue weighted by molar-refractivity contribution is 5.80. The fourth-order valence-corrected chi connectivity index (χ4v) is 1.38. The second kappa shape index (κ2) is 4.33. The van der Waals surface area contributed by atoms with Gasteiger partial charge in [0.1, 0.15) is 0 Å². The van der Waals surface area contributed by atoms with Gasteiger partial charge in [0.05, 0.1) is 0 Å².